The van der Waals surface area contributed by atoms with Crippen molar-refractivity contribution in [1.29, 1.82) is 0 Å². The predicted molar refractivity (Wildman–Crippen MR) is 67.3 cm³/mol. The Balaban J connectivity index is 2.30. The van der Waals surface area contributed by atoms with Crippen LogP contribution in [0.5, 0.6) is 0 Å². The molecule has 0 saturated carbocycles. The van der Waals surface area contributed by atoms with Crippen LogP contribution in [0, 0.1) is 0 Å². The van der Waals surface area contributed by atoms with E-state index < -0.39 is 0 Å². The van der Waals surface area contributed by atoms with E-state index in [0.717, 1.165) is 17.1 Å². The minimum atomic E-state index is 0.0809. The molecule has 3 nitrogen and oxygen atoms in total. The first kappa shape index (κ1) is 10.1. The molecular formula is C14H14N2O. The van der Waals surface area contributed by atoms with Crippen molar-refractivity contribution in [2.75, 3.05) is 4.90 Å². The molecule has 1 atom stereocenters. The van der Waals surface area contributed by atoms with Crippen molar-refractivity contribution >= 4 is 11.6 Å². The quantitative estimate of drug-likeness (QED) is 0.678. The molecule has 0 aliphatic carbocycles. The van der Waals surface area contributed by atoms with E-state index in [2.05, 4.69) is 17.6 Å². The number of hydrogen-bond acceptors (Lipinski definition) is 1. The van der Waals surface area contributed by atoms with Crippen LogP contribution in [0.1, 0.15) is 25.6 Å². The monoisotopic (exact) mass is 226 g/mol. The third-order valence-corrected chi connectivity index (χ3v) is 3.34. The van der Waals surface area contributed by atoms with E-state index in [0.29, 0.717) is 0 Å². The zero-order valence-electron chi connectivity index (χ0n) is 9.92. The van der Waals surface area contributed by atoms with Gasteiger partial charge in [0.15, 0.2) is 0 Å². The van der Waals surface area contributed by atoms with Gasteiger partial charge >= 0.3 is 0 Å². The summed E-state index contributed by atoms with van der Waals surface area (Å²) in [6, 6.07) is 12.2. The number of aromatic nitrogens is 1. The summed E-state index contributed by atoms with van der Waals surface area (Å²) < 4.78 is 2.15. The number of para-hydroxylation sites is 2. The van der Waals surface area contributed by atoms with Crippen LogP contribution in [0.15, 0.2) is 42.6 Å². The van der Waals surface area contributed by atoms with E-state index >= 15 is 0 Å². The largest absolute Gasteiger partial charge is 0.317 e. The van der Waals surface area contributed by atoms with Crippen molar-refractivity contribution in [1.82, 2.24) is 4.57 Å². The molecule has 17 heavy (non-hydrogen) atoms. The van der Waals surface area contributed by atoms with Gasteiger partial charge in [0.2, 0.25) is 5.91 Å². The van der Waals surface area contributed by atoms with Crippen LogP contribution in [0.4, 0.5) is 5.69 Å². The average molecular weight is 226 g/mol. The number of anilines is 1. The summed E-state index contributed by atoms with van der Waals surface area (Å²) in [5.41, 5.74) is 3.20. The van der Waals surface area contributed by atoms with Crippen LogP contribution in [0.3, 0.4) is 0 Å². The number of amides is 1. The number of carbonyl (C=O) groups excluding carboxylic acids is 1. The lowest BCUT2D eigenvalue weighted by atomic mass is 10.1. The first-order chi connectivity index (χ1) is 8.20. The molecule has 0 fully saturated rings. The molecular weight excluding hydrogens is 212 g/mol. The normalized spacial score (nSPS) is 17.5. The Hall–Kier alpha value is -2.03. The fourth-order valence-corrected chi connectivity index (χ4v) is 2.61. The Morgan fingerprint density at radius 2 is 1.82 bits per heavy atom. The van der Waals surface area contributed by atoms with Crippen molar-refractivity contribution in [2.24, 2.45) is 0 Å². The minimum Gasteiger partial charge on any atom is -0.317 e. The molecule has 2 aromatic rings. The second-order valence-corrected chi connectivity index (χ2v) is 4.36. The molecule has 1 aliphatic rings. The lowest BCUT2D eigenvalue weighted by molar-refractivity contribution is -0.117. The second-order valence-electron chi connectivity index (χ2n) is 4.36. The Morgan fingerprint density at radius 1 is 1.12 bits per heavy atom. The fourth-order valence-electron chi connectivity index (χ4n) is 2.61. The van der Waals surface area contributed by atoms with Gasteiger partial charge in [-0.1, -0.05) is 12.1 Å². The van der Waals surface area contributed by atoms with Crippen LogP contribution in [0.25, 0.3) is 5.69 Å². The molecule has 1 amide bonds. The van der Waals surface area contributed by atoms with E-state index in [1.807, 2.05) is 41.4 Å². The Kier molecular flexibility index (Phi) is 2.08. The molecule has 3 rings (SSSR count). The van der Waals surface area contributed by atoms with Crippen molar-refractivity contribution < 1.29 is 4.79 Å². The Morgan fingerprint density at radius 3 is 2.53 bits per heavy atom. The average Bonchev–Trinajstić information content (AvgIpc) is 2.78. The number of nitrogens with zero attached hydrogens (tertiary/aromatic N) is 2. The highest BCUT2D eigenvalue weighted by atomic mass is 16.2. The third kappa shape index (κ3) is 1.32. The number of carbonyl (C=O) groups is 1. The number of benzene rings is 1. The van der Waals surface area contributed by atoms with Gasteiger partial charge in [0.1, 0.15) is 0 Å². The second kappa shape index (κ2) is 3.48. The maximum absolute atomic E-state index is 11.8. The van der Waals surface area contributed by atoms with Crippen LogP contribution in [-0.2, 0) is 4.79 Å². The number of rotatable bonds is 0. The molecule has 1 aliphatic heterocycles. The molecule has 86 valence electrons. The number of hydrogen-bond donors (Lipinski definition) is 0. The highest BCUT2D eigenvalue weighted by Gasteiger charge is 2.29. The third-order valence-electron chi connectivity index (χ3n) is 3.34. The van der Waals surface area contributed by atoms with E-state index in [4.69, 9.17) is 0 Å². The van der Waals surface area contributed by atoms with Gasteiger partial charge in [0.25, 0.3) is 0 Å². The van der Waals surface area contributed by atoms with Gasteiger partial charge in [-0.15, -0.1) is 0 Å². The Labute approximate surface area is 100 Å². The highest BCUT2D eigenvalue weighted by Crippen LogP contribution is 2.38. The molecule has 1 aromatic carbocycles. The van der Waals surface area contributed by atoms with Crippen molar-refractivity contribution in [3.63, 3.8) is 0 Å². The van der Waals surface area contributed by atoms with Crippen LogP contribution in [-0.4, -0.2) is 10.5 Å². The molecule has 2 heterocycles. The SMILES string of the molecule is CC(=O)N1c2ccccc2-n2cccc2C1C. The summed E-state index contributed by atoms with van der Waals surface area (Å²) in [5.74, 6) is 0.0809. The van der Waals surface area contributed by atoms with Gasteiger partial charge in [-0.25, -0.2) is 0 Å². The van der Waals surface area contributed by atoms with Gasteiger partial charge in [0.05, 0.1) is 17.4 Å². The zero-order chi connectivity index (χ0) is 12.0. The molecule has 1 unspecified atom stereocenters. The molecule has 0 saturated heterocycles. The predicted octanol–water partition coefficient (Wildman–Crippen LogP) is 2.90. The van der Waals surface area contributed by atoms with Gasteiger partial charge < -0.3 is 9.47 Å². The molecule has 0 bridgehead atoms. The lowest BCUT2D eigenvalue weighted by Gasteiger charge is -2.35. The van der Waals surface area contributed by atoms with Crippen LogP contribution in [0.2, 0.25) is 0 Å². The first-order valence-electron chi connectivity index (χ1n) is 5.76. The number of fused-ring (bicyclic) bond motifs is 3. The van der Waals surface area contributed by atoms with Crippen molar-refractivity contribution in [2.45, 2.75) is 19.9 Å². The van der Waals surface area contributed by atoms with E-state index in [1.54, 1.807) is 6.92 Å². The maximum Gasteiger partial charge on any atom is 0.224 e. The molecule has 0 N–H and O–H groups in total. The molecule has 1 aromatic heterocycles. The zero-order valence-corrected chi connectivity index (χ0v) is 9.92. The molecule has 0 spiro atoms. The first-order valence-corrected chi connectivity index (χ1v) is 5.76. The molecule has 0 radical (unpaired) electrons. The van der Waals surface area contributed by atoms with Gasteiger partial charge in [0, 0.05) is 18.8 Å². The van der Waals surface area contributed by atoms with Crippen LogP contribution >= 0.6 is 0 Å². The van der Waals surface area contributed by atoms with Gasteiger partial charge in [-0.05, 0) is 31.2 Å². The summed E-state index contributed by atoms with van der Waals surface area (Å²) >= 11 is 0. The summed E-state index contributed by atoms with van der Waals surface area (Å²) in [7, 11) is 0. The van der Waals surface area contributed by atoms with E-state index in [-0.39, 0.29) is 11.9 Å². The Bertz CT molecular complexity index is 585. The van der Waals surface area contributed by atoms with Crippen molar-refractivity contribution in [3.05, 3.63) is 48.3 Å². The van der Waals surface area contributed by atoms with E-state index in [9.17, 15) is 4.79 Å². The highest BCUT2D eigenvalue weighted by molar-refractivity contribution is 5.95. The minimum absolute atomic E-state index is 0.0809. The lowest BCUT2D eigenvalue weighted by Crippen LogP contribution is -2.36. The summed E-state index contributed by atoms with van der Waals surface area (Å²) in [6.45, 7) is 3.68. The van der Waals surface area contributed by atoms with E-state index in [1.165, 1.54) is 0 Å². The van der Waals surface area contributed by atoms with Gasteiger partial charge in [-0.3, -0.25) is 4.79 Å². The topological polar surface area (TPSA) is 25.2 Å². The standard InChI is InChI=1S/C14H14N2O/c1-10-12-8-5-9-15(12)13-6-3-4-7-14(13)16(10)11(2)17/h3-10H,1-2H3. The summed E-state index contributed by atoms with van der Waals surface area (Å²) in [4.78, 5) is 13.7. The summed E-state index contributed by atoms with van der Waals surface area (Å²) in [5, 5.41) is 0. The van der Waals surface area contributed by atoms with Gasteiger partial charge in [-0.2, -0.15) is 0 Å². The fraction of sp³-hybridized carbons (Fsp3) is 0.214. The summed E-state index contributed by atoms with van der Waals surface area (Å²) in [6.07, 6.45) is 2.04. The maximum atomic E-state index is 11.8. The van der Waals surface area contributed by atoms with Crippen LogP contribution < -0.4 is 4.90 Å². The smallest absolute Gasteiger partial charge is 0.224 e. The molecule has 3 heteroatoms. The van der Waals surface area contributed by atoms with Crippen molar-refractivity contribution in [3.8, 4) is 5.69 Å².